The summed E-state index contributed by atoms with van der Waals surface area (Å²) >= 11 is 0. The molecule has 6 heteroatoms. The highest BCUT2D eigenvalue weighted by molar-refractivity contribution is 5.72. The molecule has 0 saturated carbocycles. The van der Waals surface area contributed by atoms with Crippen LogP contribution >= 0.6 is 0 Å². The third-order valence-corrected chi connectivity index (χ3v) is 11.2. The molecular weight excluding hydrogens is 793 g/mol. The van der Waals surface area contributed by atoms with Crippen LogP contribution in [0.3, 0.4) is 0 Å². The van der Waals surface area contributed by atoms with E-state index in [4.69, 9.17) is 14.2 Å². The first-order valence-electron chi connectivity index (χ1n) is 26.6. The summed E-state index contributed by atoms with van der Waals surface area (Å²) in [7, 11) is 0. The standard InChI is InChI=1S/C58H98O6/c1-4-7-10-13-16-19-22-25-28-31-33-36-39-42-45-48-51-57(60)63-54-55(64-58(61)52-49-46-43-40-37-34-30-27-24-21-18-15-12-9-6-3)53-62-56(59)50-47-44-41-38-35-32-29-26-23-20-17-14-11-8-5-2/h9,12,18-19,21-22,27-28,30-31,37,40,46,49,55H,4-8,10-11,13-17,20,23-26,29,32-36,38-39,41-45,47-48,50-54H2,1-3H3/b12-9-,21-18-,22-19-,30-27-,31-28-,40-37-,49-46-. The maximum absolute atomic E-state index is 12.7. The Morgan fingerprint density at radius 1 is 0.344 bits per heavy atom. The van der Waals surface area contributed by atoms with Crippen LogP contribution < -0.4 is 0 Å². The Balaban J connectivity index is 4.51. The third kappa shape index (κ3) is 49.6. The van der Waals surface area contributed by atoms with E-state index in [-0.39, 0.29) is 31.6 Å². The van der Waals surface area contributed by atoms with E-state index in [1.165, 1.54) is 109 Å². The SMILES string of the molecule is CC/C=C\C/C=C\C/C=C\C/C=C\C/C=C\CC(=O)OC(COC(=O)CCCCCCC/C=C\C/C=C\CCCCCC)COC(=O)CCCCCCCCCCCCCCCCC. The fourth-order valence-corrected chi connectivity index (χ4v) is 7.19. The minimum absolute atomic E-state index is 0.0943. The van der Waals surface area contributed by atoms with Crippen molar-refractivity contribution in [2.24, 2.45) is 0 Å². The van der Waals surface area contributed by atoms with E-state index in [1.54, 1.807) is 6.08 Å². The molecule has 64 heavy (non-hydrogen) atoms. The lowest BCUT2D eigenvalue weighted by Gasteiger charge is -2.18. The maximum Gasteiger partial charge on any atom is 0.310 e. The molecule has 6 nitrogen and oxygen atoms in total. The number of hydrogen-bond donors (Lipinski definition) is 0. The smallest absolute Gasteiger partial charge is 0.310 e. The molecule has 0 spiro atoms. The summed E-state index contributed by atoms with van der Waals surface area (Å²) in [5, 5.41) is 0. The predicted octanol–water partition coefficient (Wildman–Crippen LogP) is 17.6. The van der Waals surface area contributed by atoms with Gasteiger partial charge in [-0.1, -0.05) is 234 Å². The molecule has 0 rings (SSSR count). The van der Waals surface area contributed by atoms with Crippen LogP contribution in [0.2, 0.25) is 0 Å². The van der Waals surface area contributed by atoms with Crippen LogP contribution in [0, 0.1) is 0 Å². The Labute approximate surface area is 395 Å². The van der Waals surface area contributed by atoms with Crippen molar-refractivity contribution >= 4 is 17.9 Å². The number of allylic oxidation sites excluding steroid dienone is 13. The molecule has 0 bridgehead atoms. The summed E-state index contributed by atoms with van der Waals surface area (Å²) in [5.74, 6) is -1.06. The van der Waals surface area contributed by atoms with Crippen molar-refractivity contribution in [2.75, 3.05) is 13.2 Å². The first-order chi connectivity index (χ1) is 31.5. The molecule has 0 aromatic rings. The van der Waals surface area contributed by atoms with Gasteiger partial charge in [0.15, 0.2) is 6.10 Å². The second-order valence-corrected chi connectivity index (χ2v) is 17.4. The summed E-state index contributed by atoms with van der Waals surface area (Å²) in [6, 6.07) is 0. The molecule has 0 heterocycles. The number of esters is 3. The van der Waals surface area contributed by atoms with Crippen LogP contribution in [0.1, 0.15) is 245 Å². The molecule has 366 valence electrons. The quantitative estimate of drug-likeness (QED) is 0.0262. The van der Waals surface area contributed by atoms with Crippen molar-refractivity contribution in [1.29, 1.82) is 0 Å². The van der Waals surface area contributed by atoms with Crippen molar-refractivity contribution in [2.45, 2.75) is 252 Å². The Bertz CT molecular complexity index is 1250. The number of carbonyl (C=O) groups excluding carboxylic acids is 3. The topological polar surface area (TPSA) is 78.9 Å². The first kappa shape index (κ1) is 60.6. The van der Waals surface area contributed by atoms with Gasteiger partial charge in [0, 0.05) is 12.8 Å². The normalized spacial score (nSPS) is 12.7. The average Bonchev–Trinajstić information content (AvgIpc) is 3.29. The van der Waals surface area contributed by atoms with E-state index in [1.807, 2.05) is 6.08 Å². The van der Waals surface area contributed by atoms with Crippen LogP contribution in [-0.2, 0) is 28.6 Å². The lowest BCUT2D eigenvalue weighted by molar-refractivity contribution is -0.166. The Morgan fingerprint density at radius 3 is 1.05 bits per heavy atom. The fourth-order valence-electron chi connectivity index (χ4n) is 7.19. The predicted molar refractivity (Wildman–Crippen MR) is 274 cm³/mol. The molecule has 1 unspecified atom stereocenters. The number of ether oxygens (including phenoxy) is 3. The van der Waals surface area contributed by atoms with Crippen molar-refractivity contribution < 1.29 is 28.6 Å². The molecule has 0 aliphatic rings. The monoisotopic (exact) mass is 891 g/mol. The van der Waals surface area contributed by atoms with Gasteiger partial charge in [-0.25, -0.2) is 0 Å². The van der Waals surface area contributed by atoms with E-state index in [9.17, 15) is 14.4 Å². The van der Waals surface area contributed by atoms with E-state index in [0.29, 0.717) is 12.8 Å². The van der Waals surface area contributed by atoms with Gasteiger partial charge < -0.3 is 14.2 Å². The molecule has 0 saturated heterocycles. The van der Waals surface area contributed by atoms with Gasteiger partial charge in [-0.3, -0.25) is 14.4 Å². The fraction of sp³-hybridized carbons (Fsp3) is 0.707. The minimum atomic E-state index is -0.835. The molecule has 0 aliphatic heterocycles. The van der Waals surface area contributed by atoms with Crippen molar-refractivity contribution in [1.82, 2.24) is 0 Å². The van der Waals surface area contributed by atoms with Gasteiger partial charge in [0.05, 0.1) is 6.42 Å². The second-order valence-electron chi connectivity index (χ2n) is 17.4. The van der Waals surface area contributed by atoms with Gasteiger partial charge in [0.1, 0.15) is 13.2 Å². The lowest BCUT2D eigenvalue weighted by atomic mass is 10.0. The molecule has 0 radical (unpaired) electrons. The largest absolute Gasteiger partial charge is 0.462 e. The third-order valence-electron chi connectivity index (χ3n) is 11.2. The van der Waals surface area contributed by atoms with E-state index in [2.05, 4.69) is 93.7 Å². The maximum atomic E-state index is 12.7. The number of rotatable bonds is 47. The zero-order valence-electron chi connectivity index (χ0n) is 41.8. The van der Waals surface area contributed by atoms with Crippen LogP contribution in [0.15, 0.2) is 85.1 Å². The summed E-state index contributed by atoms with van der Waals surface area (Å²) < 4.78 is 16.7. The van der Waals surface area contributed by atoms with Gasteiger partial charge >= 0.3 is 17.9 Å². The highest BCUT2D eigenvalue weighted by atomic mass is 16.6. The lowest BCUT2D eigenvalue weighted by Crippen LogP contribution is -2.30. The Kier molecular flexibility index (Phi) is 49.4. The number of carbonyl (C=O) groups is 3. The minimum Gasteiger partial charge on any atom is -0.462 e. The highest BCUT2D eigenvalue weighted by Gasteiger charge is 2.19. The first-order valence-corrected chi connectivity index (χ1v) is 26.6. The van der Waals surface area contributed by atoms with Crippen LogP contribution in [0.25, 0.3) is 0 Å². The number of hydrogen-bond acceptors (Lipinski definition) is 6. The van der Waals surface area contributed by atoms with E-state index < -0.39 is 12.1 Å². The number of unbranched alkanes of at least 4 members (excludes halogenated alkanes) is 23. The summed E-state index contributed by atoms with van der Waals surface area (Å²) in [6.07, 6.45) is 67.3. The molecule has 0 amide bonds. The van der Waals surface area contributed by atoms with Gasteiger partial charge in [-0.05, 0) is 77.0 Å². The second kappa shape index (κ2) is 52.2. The van der Waals surface area contributed by atoms with E-state index in [0.717, 1.165) is 96.3 Å². The van der Waals surface area contributed by atoms with Crippen LogP contribution in [0.4, 0.5) is 0 Å². The molecule has 0 fully saturated rings. The zero-order chi connectivity index (χ0) is 46.5. The molecular formula is C58H98O6. The van der Waals surface area contributed by atoms with Gasteiger partial charge in [-0.15, -0.1) is 0 Å². The Hall–Kier alpha value is -3.41. The van der Waals surface area contributed by atoms with Crippen molar-refractivity contribution in [3.63, 3.8) is 0 Å². The van der Waals surface area contributed by atoms with Crippen LogP contribution in [-0.4, -0.2) is 37.2 Å². The van der Waals surface area contributed by atoms with Crippen LogP contribution in [0.5, 0.6) is 0 Å². The molecule has 1 atom stereocenters. The molecule has 0 aromatic heterocycles. The van der Waals surface area contributed by atoms with E-state index >= 15 is 0 Å². The van der Waals surface area contributed by atoms with Gasteiger partial charge in [0.2, 0.25) is 0 Å². The summed E-state index contributed by atoms with van der Waals surface area (Å²) in [4.78, 5) is 38.0. The molecule has 0 aromatic carbocycles. The average molecular weight is 891 g/mol. The summed E-state index contributed by atoms with van der Waals surface area (Å²) in [5.41, 5.74) is 0. The van der Waals surface area contributed by atoms with Crippen molar-refractivity contribution in [3.8, 4) is 0 Å². The molecule has 0 aliphatic carbocycles. The molecule has 0 N–H and O–H groups in total. The van der Waals surface area contributed by atoms with Crippen molar-refractivity contribution in [3.05, 3.63) is 85.1 Å². The van der Waals surface area contributed by atoms with Gasteiger partial charge in [-0.2, -0.15) is 0 Å². The highest BCUT2D eigenvalue weighted by Crippen LogP contribution is 2.15. The Morgan fingerprint density at radius 2 is 0.656 bits per heavy atom. The zero-order valence-corrected chi connectivity index (χ0v) is 41.8. The van der Waals surface area contributed by atoms with Gasteiger partial charge in [0.25, 0.3) is 0 Å². The summed E-state index contributed by atoms with van der Waals surface area (Å²) in [6.45, 7) is 6.42.